The maximum absolute atomic E-state index is 10.7. The average Bonchev–Trinajstić information content (AvgIpc) is 1.77. The summed E-state index contributed by atoms with van der Waals surface area (Å²) in [5.41, 5.74) is 0. The molecular weight excluding hydrogens is 100 g/mol. The summed E-state index contributed by atoms with van der Waals surface area (Å²) in [6.45, 7) is 1.94. The molecule has 0 spiro atoms. The zero-order chi connectivity index (χ0) is 5.98. The van der Waals surface area contributed by atoms with E-state index < -0.39 is 0 Å². The molecule has 0 bridgehead atoms. The maximum atomic E-state index is 10.7. The van der Waals surface area contributed by atoms with E-state index in [0.717, 1.165) is 12.8 Å². The van der Waals surface area contributed by atoms with Gasteiger partial charge in [0.05, 0.1) is 0 Å². The van der Waals surface area contributed by atoms with Crippen molar-refractivity contribution in [2.45, 2.75) is 19.8 Å². The molecule has 0 aromatic heterocycles. The lowest BCUT2D eigenvalue weighted by atomic mass is 9.97. The van der Waals surface area contributed by atoms with Crippen LogP contribution in [0.5, 0.6) is 0 Å². The highest BCUT2D eigenvalue weighted by Crippen LogP contribution is 2.11. The number of Topliss-reactive ketones (excluding diaryl/α,β-unsaturated/α-hetero) is 1. The van der Waals surface area contributed by atoms with Crippen LogP contribution in [0.15, 0.2) is 12.2 Å². The molecule has 44 valence electrons. The van der Waals surface area contributed by atoms with Crippen molar-refractivity contribution < 1.29 is 4.79 Å². The Bertz CT molecular complexity index is 124. The number of rotatable bonds is 0. The normalized spacial score (nSPS) is 28.6. The molecule has 0 unspecified atom stereocenters. The van der Waals surface area contributed by atoms with Crippen LogP contribution >= 0.6 is 0 Å². The van der Waals surface area contributed by atoms with Crippen LogP contribution < -0.4 is 0 Å². The molecule has 1 aliphatic rings. The zero-order valence-corrected chi connectivity index (χ0v) is 5.05. The first-order valence-electron chi connectivity index (χ1n) is 3.00. The smallest absolute Gasteiger partial charge is 0.139 e. The van der Waals surface area contributed by atoms with Gasteiger partial charge in [-0.2, -0.15) is 0 Å². The lowest BCUT2D eigenvalue weighted by Crippen LogP contribution is -2.10. The molecular formula is C7H10O. The van der Waals surface area contributed by atoms with Crippen molar-refractivity contribution in [3.63, 3.8) is 0 Å². The molecule has 0 saturated carbocycles. The number of carbonyl (C=O) groups is 1. The molecule has 0 fully saturated rings. The van der Waals surface area contributed by atoms with E-state index in [1.807, 2.05) is 13.0 Å². The Morgan fingerprint density at radius 3 is 2.88 bits per heavy atom. The van der Waals surface area contributed by atoms with Crippen molar-refractivity contribution in [3.05, 3.63) is 12.2 Å². The van der Waals surface area contributed by atoms with E-state index in [1.54, 1.807) is 0 Å². The maximum Gasteiger partial charge on any atom is 0.139 e. The zero-order valence-electron chi connectivity index (χ0n) is 5.05. The molecule has 1 nitrogen and oxygen atoms in total. The molecule has 0 aromatic rings. The number of allylic oxidation sites excluding steroid dienone is 2. The third kappa shape index (κ3) is 0.971. The molecule has 0 amide bonds. The highest BCUT2D eigenvalue weighted by molar-refractivity contribution is 5.83. The van der Waals surface area contributed by atoms with E-state index in [2.05, 4.69) is 6.08 Å². The summed E-state index contributed by atoms with van der Waals surface area (Å²) in [6, 6.07) is 0. The summed E-state index contributed by atoms with van der Waals surface area (Å²) < 4.78 is 0. The molecule has 1 rings (SSSR count). The summed E-state index contributed by atoms with van der Waals surface area (Å²) in [5.74, 6) is 0.566. The van der Waals surface area contributed by atoms with Crippen LogP contribution in [0.4, 0.5) is 0 Å². The second-order valence-corrected chi connectivity index (χ2v) is 2.22. The average molecular weight is 110 g/mol. The fraction of sp³-hybridized carbons (Fsp3) is 0.571. The molecule has 0 aliphatic heterocycles. The lowest BCUT2D eigenvalue weighted by Gasteiger charge is -2.07. The fourth-order valence-corrected chi connectivity index (χ4v) is 0.861. The van der Waals surface area contributed by atoms with Crippen LogP contribution in [0.3, 0.4) is 0 Å². The van der Waals surface area contributed by atoms with E-state index in [-0.39, 0.29) is 5.92 Å². The van der Waals surface area contributed by atoms with Gasteiger partial charge in [0, 0.05) is 12.3 Å². The van der Waals surface area contributed by atoms with Crippen molar-refractivity contribution in [1.29, 1.82) is 0 Å². The predicted molar refractivity (Wildman–Crippen MR) is 32.5 cm³/mol. The molecule has 0 radical (unpaired) electrons. The highest BCUT2D eigenvalue weighted by atomic mass is 16.1. The minimum atomic E-state index is 0.184. The Morgan fingerprint density at radius 1 is 1.75 bits per heavy atom. The van der Waals surface area contributed by atoms with Crippen LogP contribution in [-0.2, 0) is 4.79 Å². The third-order valence-corrected chi connectivity index (χ3v) is 1.49. The number of carbonyl (C=O) groups excluding carboxylic acids is 1. The van der Waals surface area contributed by atoms with E-state index in [1.165, 1.54) is 0 Å². The van der Waals surface area contributed by atoms with Gasteiger partial charge in [0.1, 0.15) is 5.78 Å². The van der Waals surface area contributed by atoms with Crippen LogP contribution in [0, 0.1) is 5.92 Å². The predicted octanol–water partition coefficient (Wildman–Crippen LogP) is 1.54. The van der Waals surface area contributed by atoms with Crippen molar-refractivity contribution in [3.8, 4) is 0 Å². The number of ketones is 1. The van der Waals surface area contributed by atoms with Gasteiger partial charge in [0.2, 0.25) is 0 Å². The van der Waals surface area contributed by atoms with Gasteiger partial charge in [0.15, 0.2) is 0 Å². The van der Waals surface area contributed by atoms with Crippen LogP contribution in [-0.4, -0.2) is 5.78 Å². The van der Waals surface area contributed by atoms with Gasteiger partial charge in [0.25, 0.3) is 0 Å². The molecule has 8 heavy (non-hydrogen) atoms. The van der Waals surface area contributed by atoms with Crippen LogP contribution in [0.2, 0.25) is 0 Å². The van der Waals surface area contributed by atoms with Gasteiger partial charge >= 0.3 is 0 Å². The molecule has 0 saturated heterocycles. The summed E-state index contributed by atoms with van der Waals surface area (Å²) in [5, 5.41) is 0. The van der Waals surface area contributed by atoms with E-state index in [4.69, 9.17) is 0 Å². The highest BCUT2D eigenvalue weighted by Gasteiger charge is 2.10. The quantitative estimate of drug-likeness (QED) is 0.432. The van der Waals surface area contributed by atoms with Crippen LogP contribution in [0.1, 0.15) is 19.8 Å². The minimum Gasteiger partial charge on any atom is -0.299 e. The Kier molecular flexibility index (Phi) is 1.47. The second kappa shape index (κ2) is 2.12. The first-order chi connectivity index (χ1) is 3.80. The second-order valence-electron chi connectivity index (χ2n) is 2.22. The summed E-state index contributed by atoms with van der Waals surface area (Å²) in [4.78, 5) is 10.7. The first kappa shape index (κ1) is 5.54. The summed E-state index contributed by atoms with van der Waals surface area (Å²) >= 11 is 0. The van der Waals surface area contributed by atoms with Gasteiger partial charge in [-0.1, -0.05) is 19.1 Å². The Labute approximate surface area is 49.4 Å². The molecule has 0 heterocycles. The van der Waals surface area contributed by atoms with Crippen molar-refractivity contribution in [2.75, 3.05) is 0 Å². The lowest BCUT2D eigenvalue weighted by molar-refractivity contribution is -0.121. The summed E-state index contributed by atoms with van der Waals surface area (Å²) in [6.07, 6.45) is 5.75. The van der Waals surface area contributed by atoms with Crippen LogP contribution in [0.25, 0.3) is 0 Å². The topological polar surface area (TPSA) is 17.1 Å². The SMILES string of the molecule is C[C@@H]1C=CCCC1=O. The van der Waals surface area contributed by atoms with Crippen molar-refractivity contribution in [1.82, 2.24) is 0 Å². The standard InChI is InChI=1S/C7H10O/c1-6-4-2-3-5-7(6)8/h2,4,6H,3,5H2,1H3/t6-/m1/s1. The number of hydrogen-bond donors (Lipinski definition) is 0. The molecule has 1 aliphatic carbocycles. The van der Waals surface area contributed by atoms with Crippen molar-refractivity contribution in [2.24, 2.45) is 5.92 Å². The Hall–Kier alpha value is -0.590. The molecule has 1 atom stereocenters. The third-order valence-electron chi connectivity index (χ3n) is 1.49. The molecule has 1 heteroatoms. The number of hydrogen-bond acceptors (Lipinski definition) is 1. The van der Waals surface area contributed by atoms with Gasteiger partial charge in [-0.05, 0) is 6.42 Å². The molecule has 0 N–H and O–H groups in total. The Morgan fingerprint density at radius 2 is 2.50 bits per heavy atom. The van der Waals surface area contributed by atoms with Crippen molar-refractivity contribution >= 4 is 5.78 Å². The molecule has 0 aromatic carbocycles. The summed E-state index contributed by atoms with van der Waals surface area (Å²) in [7, 11) is 0. The van der Waals surface area contributed by atoms with Gasteiger partial charge in [-0.25, -0.2) is 0 Å². The fourth-order valence-electron chi connectivity index (χ4n) is 0.861. The van der Waals surface area contributed by atoms with E-state index in [0.29, 0.717) is 5.78 Å². The first-order valence-corrected chi connectivity index (χ1v) is 3.00. The van der Waals surface area contributed by atoms with Gasteiger partial charge in [-0.3, -0.25) is 4.79 Å². The van der Waals surface area contributed by atoms with E-state index >= 15 is 0 Å². The largest absolute Gasteiger partial charge is 0.299 e. The Balaban J connectivity index is 2.60. The van der Waals surface area contributed by atoms with Gasteiger partial charge in [-0.15, -0.1) is 0 Å². The van der Waals surface area contributed by atoms with E-state index in [9.17, 15) is 4.79 Å². The minimum absolute atomic E-state index is 0.184. The monoisotopic (exact) mass is 110 g/mol. The van der Waals surface area contributed by atoms with Gasteiger partial charge < -0.3 is 0 Å².